The van der Waals surface area contributed by atoms with E-state index < -0.39 is 43.7 Å². The molecule has 0 amide bonds. The molecule has 13 nitrogen and oxygen atoms in total. The van der Waals surface area contributed by atoms with Crippen LogP contribution in [0.15, 0.2) is 18.2 Å². The molecule has 0 aliphatic rings. The lowest BCUT2D eigenvalue weighted by Gasteiger charge is -2.12. The van der Waals surface area contributed by atoms with Gasteiger partial charge in [-0.2, -0.15) is 14.4 Å². The Kier molecular flexibility index (Phi) is 6.15. The topological polar surface area (TPSA) is 176 Å². The van der Waals surface area contributed by atoms with Gasteiger partial charge in [0, 0.05) is 12.1 Å². The van der Waals surface area contributed by atoms with E-state index in [1.807, 2.05) is 0 Å². The number of nitro benzene ring substituents is 2. The number of nitrogens with zero attached hydrogens (tertiary/aromatic N) is 5. The summed E-state index contributed by atoms with van der Waals surface area (Å²) in [5.41, 5.74) is -3.50. The fraction of sp³-hybridized carbons (Fsp3) is 0.231. The van der Waals surface area contributed by atoms with Crippen molar-refractivity contribution in [1.29, 1.82) is 0 Å². The van der Waals surface area contributed by atoms with Crippen molar-refractivity contribution in [3.8, 4) is 6.01 Å². The Bertz CT molecular complexity index is 959. The number of hydrogen-bond donors (Lipinski definition) is 1. The minimum atomic E-state index is -2.98. The summed E-state index contributed by atoms with van der Waals surface area (Å²) < 4.78 is 19.2. The Labute approximate surface area is 159 Å². The molecular weight excluding hydrogens is 407 g/mol. The van der Waals surface area contributed by atoms with Gasteiger partial charge in [0.25, 0.3) is 11.4 Å². The standard InChI is InChI=1S/C13H10ClFN6O7/c1-2-28-13-16-9(14)5-10(18-13)17-11-7(12(15)21(26)27)3-6(19(22)23)4-8(11)20(24)25/h3-5,12H,2H2,1H3,(H,16,17,18). The van der Waals surface area contributed by atoms with Gasteiger partial charge < -0.3 is 10.1 Å². The molecule has 28 heavy (non-hydrogen) atoms. The van der Waals surface area contributed by atoms with E-state index in [9.17, 15) is 34.7 Å². The van der Waals surface area contributed by atoms with Crippen LogP contribution in [0, 0.1) is 30.3 Å². The number of halogens is 2. The first-order chi connectivity index (χ1) is 13.1. The lowest BCUT2D eigenvalue weighted by atomic mass is 10.1. The van der Waals surface area contributed by atoms with Crippen LogP contribution in [0.4, 0.5) is 27.3 Å². The zero-order valence-corrected chi connectivity index (χ0v) is 14.6. The average molecular weight is 417 g/mol. The van der Waals surface area contributed by atoms with Crippen molar-refractivity contribution in [3.63, 3.8) is 0 Å². The maximum Gasteiger partial charge on any atom is 0.378 e. The minimum Gasteiger partial charge on any atom is -0.464 e. The molecule has 0 saturated carbocycles. The van der Waals surface area contributed by atoms with Gasteiger partial charge in [0.05, 0.1) is 33.0 Å². The van der Waals surface area contributed by atoms with Crippen molar-refractivity contribution >= 4 is 34.5 Å². The molecule has 0 aliphatic carbocycles. The summed E-state index contributed by atoms with van der Waals surface area (Å²) >= 11 is 5.80. The van der Waals surface area contributed by atoms with Gasteiger partial charge in [-0.3, -0.25) is 30.3 Å². The number of non-ortho nitro benzene ring substituents is 1. The quantitative estimate of drug-likeness (QED) is 0.290. The highest BCUT2D eigenvalue weighted by atomic mass is 35.5. The number of hydrogen-bond acceptors (Lipinski definition) is 10. The van der Waals surface area contributed by atoms with E-state index in [0.29, 0.717) is 12.1 Å². The van der Waals surface area contributed by atoms with Crippen molar-refractivity contribution in [2.24, 2.45) is 0 Å². The second-order valence-electron chi connectivity index (χ2n) is 4.98. The Balaban J connectivity index is 2.68. The van der Waals surface area contributed by atoms with E-state index >= 15 is 0 Å². The zero-order chi connectivity index (χ0) is 21.0. The van der Waals surface area contributed by atoms with E-state index in [1.54, 1.807) is 6.92 Å². The predicted octanol–water partition coefficient (Wildman–Crippen LogP) is 3.33. The summed E-state index contributed by atoms with van der Waals surface area (Å²) in [7, 11) is 0. The summed E-state index contributed by atoms with van der Waals surface area (Å²) in [6.07, 6.45) is -2.98. The normalized spacial score (nSPS) is 11.5. The van der Waals surface area contributed by atoms with Crippen molar-refractivity contribution in [2.75, 3.05) is 11.9 Å². The van der Waals surface area contributed by atoms with Gasteiger partial charge in [0.2, 0.25) is 0 Å². The number of aromatic nitrogens is 2. The van der Waals surface area contributed by atoms with Gasteiger partial charge in [-0.1, -0.05) is 11.6 Å². The van der Waals surface area contributed by atoms with Crippen LogP contribution in [0.1, 0.15) is 18.8 Å². The monoisotopic (exact) mass is 416 g/mol. The fourth-order valence-corrected chi connectivity index (χ4v) is 2.28. The lowest BCUT2D eigenvalue weighted by Crippen LogP contribution is -2.11. The molecule has 1 aromatic heterocycles. The van der Waals surface area contributed by atoms with Gasteiger partial charge in [-0.05, 0) is 6.92 Å². The Hall–Kier alpha value is -3.68. The van der Waals surface area contributed by atoms with Crippen LogP contribution in [-0.2, 0) is 0 Å². The third kappa shape index (κ3) is 4.53. The van der Waals surface area contributed by atoms with E-state index in [1.165, 1.54) is 0 Å². The Morgan fingerprint density at radius 3 is 2.39 bits per heavy atom. The summed E-state index contributed by atoms with van der Waals surface area (Å²) in [5, 5.41) is 35.4. The number of benzene rings is 1. The molecular formula is C13H10ClFN6O7. The van der Waals surface area contributed by atoms with Crippen LogP contribution in [0.25, 0.3) is 0 Å². The molecule has 15 heteroatoms. The summed E-state index contributed by atoms with van der Waals surface area (Å²) in [5.74, 6) is -0.211. The highest BCUT2D eigenvalue weighted by Gasteiger charge is 2.34. The first-order valence-electron chi connectivity index (χ1n) is 7.32. The zero-order valence-electron chi connectivity index (χ0n) is 13.9. The molecule has 0 aliphatic heterocycles. The van der Waals surface area contributed by atoms with Crippen molar-refractivity contribution in [2.45, 2.75) is 13.2 Å². The number of nitro groups is 3. The van der Waals surface area contributed by atoms with Crippen molar-refractivity contribution < 1.29 is 23.9 Å². The largest absolute Gasteiger partial charge is 0.464 e. The summed E-state index contributed by atoms with van der Waals surface area (Å²) in [4.78, 5) is 37.2. The van der Waals surface area contributed by atoms with Gasteiger partial charge >= 0.3 is 12.3 Å². The highest BCUT2D eigenvalue weighted by molar-refractivity contribution is 6.29. The van der Waals surface area contributed by atoms with Crippen LogP contribution in [0.2, 0.25) is 5.15 Å². The van der Waals surface area contributed by atoms with E-state index in [0.717, 1.165) is 6.07 Å². The third-order valence-electron chi connectivity index (χ3n) is 3.18. The van der Waals surface area contributed by atoms with Crippen LogP contribution >= 0.6 is 11.6 Å². The number of nitrogens with one attached hydrogen (secondary N) is 1. The molecule has 1 unspecified atom stereocenters. The second kappa shape index (κ2) is 8.34. The molecule has 1 aromatic carbocycles. The Morgan fingerprint density at radius 2 is 1.86 bits per heavy atom. The molecule has 148 valence electrons. The first-order valence-corrected chi connectivity index (χ1v) is 7.70. The van der Waals surface area contributed by atoms with Crippen LogP contribution in [0.5, 0.6) is 6.01 Å². The number of rotatable bonds is 8. The van der Waals surface area contributed by atoms with E-state index in [2.05, 4.69) is 15.3 Å². The van der Waals surface area contributed by atoms with Crippen molar-refractivity contribution in [1.82, 2.24) is 9.97 Å². The molecule has 0 spiro atoms. The first kappa shape index (κ1) is 20.6. The molecule has 2 aromatic rings. The molecule has 0 bridgehead atoms. The smallest absolute Gasteiger partial charge is 0.378 e. The van der Waals surface area contributed by atoms with E-state index in [4.69, 9.17) is 16.3 Å². The number of ether oxygens (including phenoxy) is 1. The summed E-state index contributed by atoms with van der Waals surface area (Å²) in [6.45, 7) is 1.79. The SMILES string of the molecule is CCOc1nc(Cl)cc(Nc2c(C(F)[N+](=O)[O-])cc([N+](=O)[O-])cc2[N+](=O)[O-])n1. The molecule has 1 N–H and O–H groups in total. The Morgan fingerprint density at radius 1 is 1.18 bits per heavy atom. The molecule has 0 fully saturated rings. The second-order valence-corrected chi connectivity index (χ2v) is 5.37. The van der Waals surface area contributed by atoms with Crippen LogP contribution < -0.4 is 10.1 Å². The minimum absolute atomic E-state index is 0.141. The van der Waals surface area contributed by atoms with Gasteiger partial charge in [-0.15, -0.1) is 0 Å². The summed E-state index contributed by atoms with van der Waals surface area (Å²) in [6, 6.07) is 1.94. The third-order valence-corrected chi connectivity index (χ3v) is 3.38. The van der Waals surface area contributed by atoms with Crippen LogP contribution in [-0.4, -0.2) is 31.3 Å². The van der Waals surface area contributed by atoms with Gasteiger partial charge in [0.1, 0.15) is 16.7 Å². The number of anilines is 2. The fourth-order valence-electron chi connectivity index (χ4n) is 2.10. The van der Waals surface area contributed by atoms with Gasteiger partial charge in [0.15, 0.2) is 0 Å². The van der Waals surface area contributed by atoms with Gasteiger partial charge in [-0.25, -0.2) is 0 Å². The lowest BCUT2D eigenvalue weighted by molar-refractivity contribution is -0.560. The van der Waals surface area contributed by atoms with E-state index in [-0.39, 0.29) is 23.6 Å². The molecule has 0 saturated heterocycles. The molecule has 1 heterocycles. The molecule has 0 radical (unpaired) electrons. The predicted molar refractivity (Wildman–Crippen MR) is 92.1 cm³/mol. The van der Waals surface area contributed by atoms with Crippen LogP contribution in [0.3, 0.4) is 0 Å². The maximum absolute atomic E-state index is 14.1. The highest BCUT2D eigenvalue weighted by Crippen LogP contribution is 2.39. The number of alkyl halides is 1. The molecule has 1 atom stereocenters. The van der Waals surface area contributed by atoms with Crippen molar-refractivity contribution in [3.05, 3.63) is 59.3 Å². The average Bonchev–Trinajstić information content (AvgIpc) is 2.60. The molecule has 2 rings (SSSR count). The maximum atomic E-state index is 14.1.